The van der Waals surface area contributed by atoms with E-state index in [0.717, 1.165) is 0 Å². The summed E-state index contributed by atoms with van der Waals surface area (Å²) in [5.74, 6) is 0. The average molecular weight is 334 g/mol. The zero-order valence-electron chi connectivity index (χ0n) is 10.4. The van der Waals surface area contributed by atoms with Crippen molar-refractivity contribution in [1.29, 1.82) is 0 Å². The Bertz CT molecular complexity index is 545. The summed E-state index contributed by atoms with van der Waals surface area (Å²) in [5.41, 5.74) is -0.204. The average Bonchev–Trinajstić information content (AvgIpc) is 2.27. The lowest BCUT2D eigenvalue weighted by molar-refractivity contribution is 0.233. The fraction of sp³-hybridized carbons (Fsp3) is 0.545. The Morgan fingerprint density at radius 3 is 2.78 bits per heavy atom. The molecule has 0 bridgehead atoms. The summed E-state index contributed by atoms with van der Waals surface area (Å²) >= 11 is 3.24. The fourth-order valence-electron chi connectivity index (χ4n) is 1.98. The van der Waals surface area contributed by atoms with E-state index in [1.165, 1.54) is 10.5 Å². The van der Waals surface area contributed by atoms with Crippen LogP contribution in [0.2, 0.25) is 0 Å². The first-order valence-corrected chi connectivity index (χ1v) is 7.90. The molecule has 1 fully saturated rings. The minimum absolute atomic E-state index is 0.204. The quantitative estimate of drug-likeness (QED) is 0.883. The first kappa shape index (κ1) is 13.9. The normalized spacial score (nSPS) is 20.8. The zero-order chi connectivity index (χ0) is 13.4. The molecule has 100 valence electrons. The van der Waals surface area contributed by atoms with Gasteiger partial charge in [0.25, 0.3) is 0 Å². The van der Waals surface area contributed by atoms with Crippen LogP contribution in [0.5, 0.6) is 0 Å². The van der Waals surface area contributed by atoms with Gasteiger partial charge >= 0.3 is 0 Å². The number of pyridine rings is 1. The summed E-state index contributed by atoms with van der Waals surface area (Å²) in [6, 6.07) is 1.58. The van der Waals surface area contributed by atoms with Crippen LogP contribution in [0, 0.1) is 0 Å². The zero-order valence-corrected chi connectivity index (χ0v) is 12.8. The molecule has 1 aliphatic heterocycles. The molecule has 0 aliphatic carbocycles. The highest BCUT2D eigenvalue weighted by Gasteiger charge is 2.33. The Balaban J connectivity index is 2.31. The van der Waals surface area contributed by atoms with Crippen LogP contribution in [0.1, 0.15) is 13.8 Å². The van der Waals surface area contributed by atoms with Gasteiger partial charge < -0.3 is 5.32 Å². The van der Waals surface area contributed by atoms with Crippen LogP contribution >= 0.6 is 15.9 Å². The van der Waals surface area contributed by atoms with Crippen molar-refractivity contribution in [3.05, 3.63) is 22.9 Å². The summed E-state index contributed by atoms with van der Waals surface area (Å²) in [4.78, 5) is 4.14. The third kappa shape index (κ3) is 2.90. The monoisotopic (exact) mass is 333 g/mol. The van der Waals surface area contributed by atoms with E-state index in [4.69, 9.17) is 0 Å². The first-order valence-electron chi connectivity index (χ1n) is 5.67. The van der Waals surface area contributed by atoms with E-state index in [2.05, 4.69) is 26.2 Å². The van der Waals surface area contributed by atoms with Crippen LogP contribution in [0.15, 0.2) is 27.8 Å². The van der Waals surface area contributed by atoms with Crippen LogP contribution in [0.25, 0.3) is 0 Å². The molecule has 1 aliphatic rings. The number of nitrogens with one attached hydrogen (secondary N) is 1. The molecule has 0 amide bonds. The van der Waals surface area contributed by atoms with Gasteiger partial charge in [-0.15, -0.1) is 0 Å². The van der Waals surface area contributed by atoms with Gasteiger partial charge in [0.05, 0.1) is 0 Å². The highest BCUT2D eigenvalue weighted by Crippen LogP contribution is 2.22. The van der Waals surface area contributed by atoms with Gasteiger partial charge in [-0.2, -0.15) is 4.31 Å². The minimum Gasteiger partial charge on any atom is -0.309 e. The predicted octanol–water partition coefficient (Wildman–Crippen LogP) is 1.22. The molecule has 5 nitrogen and oxygen atoms in total. The van der Waals surface area contributed by atoms with Crippen molar-refractivity contribution >= 4 is 26.0 Å². The van der Waals surface area contributed by atoms with Crippen LogP contribution in [0.3, 0.4) is 0 Å². The van der Waals surface area contributed by atoms with Crippen LogP contribution < -0.4 is 5.32 Å². The van der Waals surface area contributed by atoms with Gasteiger partial charge in [-0.05, 0) is 35.8 Å². The number of sulfonamides is 1. The van der Waals surface area contributed by atoms with Crippen LogP contribution in [-0.4, -0.2) is 42.9 Å². The highest BCUT2D eigenvalue weighted by atomic mass is 79.9. The van der Waals surface area contributed by atoms with E-state index >= 15 is 0 Å². The molecule has 0 atom stereocenters. The van der Waals surface area contributed by atoms with Crippen molar-refractivity contribution in [3.63, 3.8) is 0 Å². The van der Waals surface area contributed by atoms with Gasteiger partial charge in [-0.3, -0.25) is 4.98 Å². The highest BCUT2D eigenvalue weighted by molar-refractivity contribution is 9.10. The van der Waals surface area contributed by atoms with E-state index in [9.17, 15) is 8.42 Å². The number of halogens is 1. The van der Waals surface area contributed by atoms with Gasteiger partial charge in [0.1, 0.15) is 4.90 Å². The van der Waals surface area contributed by atoms with Crippen LogP contribution in [-0.2, 0) is 10.0 Å². The molecule has 1 saturated heterocycles. The first-order chi connectivity index (χ1) is 8.31. The summed E-state index contributed by atoms with van der Waals surface area (Å²) in [6.45, 7) is 5.59. The molecule has 1 aromatic heterocycles. The Kier molecular flexibility index (Phi) is 3.77. The number of rotatable bonds is 2. The molecule has 0 radical (unpaired) electrons. The second-order valence-corrected chi connectivity index (χ2v) is 7.84. The lowest BCUT2D eigenvalue weighted by atomic mass is 10.0. The Labute approximate surface area is 116 Å². The van der Waals surface area contributed by atoms with Crippen molar-refractivity contribution in [1.82, 2.24) is 14.6 Å². The fourth-order valence-corrected chi connectivity index (χ4v) is 4.09. The number of hydrogen-bond acceptors (Lipinski definition) is 4. The van der Waals surface area contributed by atoms with Crippen molar-refractivity contribution in [2.45, 2.75) is 24.3 Å². The maximum atomic E-state index is 12.5. The molecule has 0 spiro atoms. The second kappa shape index (κ2) is 4.88. The molecule has 2 rings (SSSR count). The largest absolute Gasteiger partial charge is 0.309 e. The maximum absolute atomic E-state index is 12.5. The van der Waals surface area contributed by atoms with Crippen molar-refractivity contribution in [3.8, 4) is 0 Å². The summed E-state index contributed by atoms with van der Waals surface area (Å²) in [6.07, 6.45) is 2.95. The maximum Gasteiger partial charge on any atom is 0.244 e. The van der Waals surface area contributed by atoms with Gasteiger partial charge in [0.2, 0.25) is 10.0 Å². The Morgan fingerprint density at radius 2 is 2.17 bits per heavy atom. The van der Waals surface area contributed by atoms with Crippen LogP contribution in [0.4, 0.5) is 0 Å². The molecule has 0 unspecified atom stereocenters. The van der Waals surface area contributed by atoms with E-state index in [0.29, 0.717) is 24.1 Å². The molecule has 0 aromatic carbocycles. The molecule has 2 heterocycles. The summed E-state index contributed by atoms with van der Waals surface area (Å²) in [5, 5.41) is 3.29. The summed E-state index contributed by atoms with van der Waals surface area (Å²) in [7, 11) is -3.45. The summed E-state index contributed by atoms with van der Waals surface area (Å²) < 4.78 is 27.1. The molecule has 7 heteroatoms. The van der Waals surface area contributed by atoms with Gasteiger partial charge in [-0.25, -0.2) is 8.42 Å². The molecular formula is C11H16BrN3O2S. The van der Waals surface area contributed by atoms with E-state index in [1.807, 2.05) is 13.8 Å². The topological polar surface area (TPSA) is 62.3 Å². The molecule has 1 aromatic rings. The van der Waals surface area contributed by atoms with E-state index in [1.54, 1.807) is 12.3 Å². The second-order valence-electron chi connectivity index (χ2n) is 4.99. The molecule has 1 N–H and O–H groups in total. The SMILES string of the molecule is CC1(C)CN(S(=O)(=O)c2cncc(Br)c2)CCN1. The van der Waals surface area contributed by atoms with Crippen molar-refractivity contribution < 1.29 is 8.42 Å². The number of hydrogen-bond donors (Lipinski definition) is 1. The lowest BCUT2D eigenvalue weighted by Gasteiger charge is -2.38. The third-order valence-corrected chi connectivity index (χ3v) is 5.10. The van der Waals surface area contributed by atoms with Gasteiger partial charge in [0, 0.05) is 42.0 Å². The predicted molar refractivity (Wildman–Crippen MR) is 72.8 cm³/mol. The molecular weight excluding hydrogens is 318 g/mol. The van der Waals surface area contributed by atoms with Gasteiger partial charge in [-0.1, -0.05) is 0 Å². The lowest BCUT2D eigenvalue weighted by Crippen LogP contribution is -2.58. The van der Waals surface area contributed by atoms with E-state index < -0.39 is 10.0 Å². The van der Waals surface area contributed by atoms with Crippen molar-refractivity contribution in [2.24, 2.45) is 0 Å². The number of aromatic nitrogens is 1. The Morgan fingerprint density at radius 1 is 1.44 bits per heavy atom. The molecule has 0 saturated carbocycles. The number of nitrogens with zero attached hydrogens (tertiary/aromatic N) is 2. The third-order valence-electron chi connectivity index (χ3n) is 2.85. The van der Waals surface area contributed by atoms with Crippen molar-refractivity contribution in [2.75, 3.05) is 19.6 Å². The smallest absolute Gasteiger partial charge is 0.244 e. The van der Waals surface area contributed by atoms with Gasteiger partial charge in [0.15, 0.2) is 0 Å². The number of piperazine rings is 1. The van der Waals surface area contributed by atoms with E-state index in [-0.39, 0.29) is 10.4 Å². The molecule has 18 heavy (non-hydrogen) atoms. The standard InChI is InChI=1S/C11H16BrN3O2S/c1-11(2)8-15(4-3-14-11)18(16,17)10-5-9(12)6-13-7-10/h5-7,14H,3-4,8H2,1-2H3. The Hall–Kier alpha value is -0.500. The minimum atomic E-state index is -3.45.